The summed E-state index contributed by atoms with van der Waals surface area (Å²) in [6, 6.07) is 0. The average Bonchev–Trinajstić information content (AvgIpc) is 2.08. The fourth-order valence-electron chi connectivity index (χ4n) is 0.999. The minimum absolute atomic E-state index is 0.0687. The molecule has 0 fully saturated rings. The third-order valence-corrected chi connectivity index (χ3v) is 2.92. The molecule has 0 aliphatic carbocycles. The lowest BCUT2D eigenvalue weighted by Crippen LogP contribution is -2.10. The molecule has 0 saturated carbocycles. The molecule has 1 aliphatic rings. The molecule has 5 heteroatoms. The Hall–Kier alpha value is -0.840. The van der Waals surface area contributed by atoms with Crippen molar-refractivity contribution >= 4 is 15.7 Å². The van der Waals surface area contributed by atoms with Crippen LogP contribution in [0.3, 0.4) is 0 Å². The maximum Gasteiger partial charge on any atom is 0.221 e. The van der Waals surface area contributed by atoms with Crippen LogP contribution in [0.5, 0.6) is 0 Å². The number of hydrogen-bond acceptors (Lipinski definition) is 3. The van der Waals surface area contributed by atoms with Gasteiger partial charge in [-0.05, 0) is 12.0 Å². The van der Waals surface area contributed by atoms with Crippen LogP contribution in [0.25, 0.3) is 0 Å². The second-order valence-electron chi connectivity index (χ2n) is 2.54. The van der Waals surface area contributed by atoms with E-state index in [1.165, 1.54) is 0 Å². The monoisotopic (exact) mass is 175 g/mol. The van der Waals surface area contributed by atoms with E-state index in [9.17, 15) is 13.2 Å². The van der Waals surface area contributed by atoms with Gasteiger partial charge < -0.3 is 5.73 Å². The van der Waals surface area contributed by atoms with E-state index in [-0.39, 0.29) is 12.2 Å². The lowest BCUT2D eigenvalue weighted by molar-refractivity contribution is -0.117. The summed E-state index contributed by atoms with van der Waals surface area (Å²) < 4.78 is 21.6. The lowest BCUT2D eigenvalue weighted by Gasteiger charge is -1.91. The SMILES string of the molecule is NC(=O)CC1=CS(=O)(=O)CC1. The second kappa shape index (κ2) is 2.65. The average molecular weight is 175 g/mol. The Balaban J connectivity index is 2.71. The summed E-state index contributed by atoms with van der Waals surface area (Å²) in [6.45, 7) is 0. The first-order valence-corrected chi connectivity index (χ1v) is 4.92. The summed E-state index contributed by atoms with van der Waals surface area (Å²) in [4.78, 5) is 10.4. The van der Waals surface area contributed by atoms with Crippen LogP contribution in [0, 0.1) is 0 Å². The van der Waals surface area contributed by atoms with Crippen molar-refractivity contribution in [1.29, 1.82) is 0 Å². The molecule has 0 bridgehead atoms. The van der Waals surface area contributed by atoms with Crippen molar-refractivity contribution < 1.29 is 13.2 Å². The number of amides is 1. The number of nitrogens with two attached hydrogens (primary N) is 1. The molecular weight excluding hydrogens is 166 g/mol. The molecule has 0 spiro atoms. The predicted octanol–water partition coefficient (Wildman–Crippen LogP) is -0.436. The highest BCUT2D eigenvalue weighted by atomic mass is 32.2. The fourth-order valence-corrected chi connectivity index (χ4v) is 2.37. The fraction of sp³-hybridized carbons (Fsp3) is 0.500. The predicted molar refractivity (Wildman–Crippen MR) is 40.3 cm³/mol. The van der Waals surface area contributed by atoms with Gasteiger partial charge >= 0.3 is 0 Å². The largest absolute Gasteiger partial charge is 0.369 e. The number of primary amides is 1. The molecule has 1 aliphatic heterocycles. The quantitative estimate of drug-likeness (QED) is 0.618. The van der Waals surface area contributed by atoms with Gasteiger partial charge in [-0.15, -0.1) is 0 Å². The van der Waals surface area contributed by atoms with Crippen LogP contribution in [-0.2, 0) is 14.6 Å². The molecule has 0 aromatic rings. The molecule has 1 rings (SSSR count). The molecule has 0 aromatic heterocycles. The molecule has 0 aromatic carbocycles. The van der Waals surface area contributed by atoms with Gasteiger partial charge in [-0.25, -0.2) is 8.42 Å². The smallest absolute Gasteiger partial charge is 0.221 e. The third kappa shape index (κ3) is 2.34. The third-order valence-electron chi connectivity index (χ3n) is 1.46. The van der Waals surface area contributed by atoms with Crippen LogP contribution in [0.4, 0.5) is 0 Å². The molecule has 2 N–H and O–H groups in total. The highest BCUT2D eigenvalue weighted by molar-refractivity contribution is 7.94. The van der Waals surface area contributed by atoms with Crippen LogP contribution in [0.1, 0.15) is 12.8 Å². The van der Waals surface area contributed by atoms with E-state index in [1.54, 1.807) is 0 Å². The van der Waals surface area contributed by atoms with Crippen molar-refractivity contribution in [2.24, 2.45) is 5.73 Å². The molecular formula is C6H9NO3S. The maximum absolute atomic E-state index is 10.8. The van der Waals surface area contributed by atoms with Crippen LogP contribution in [0.2, 0.25) is 0 Å². The van der Waals surface area contributed by atoms with Crippen molar-refractivity contribution in [2.75, 3.05) is 5.75 Å². The van der Waals surface area contributed by atoms with Crippen LogP contribution in [-0.4, -0.2) is 20.1 Å². The standard InChI is InChI=1S/C6H9NO3S/c7-6(8)3-5-1-2-11(9,10)4-5/h4H,1-3H2,(H2,7,8). The van der Waals surface area contributed by atoms with Gasteiger partial charge in [-0.1, -0.05) is 0 Å². The van der Waals surface area contributed by atoms with E-state index >= 15 is 0 Å². The minimum Gasteiger partial charge on any atom is -0.369 e. The first-order chi connectivity index (χ1) is 4.99. The maximum atomic E-state index is 10.8. The summed E-state index contributed by atoms with van der Waals surface area (Å²) in [7, 11) is -3.01. The van der Waals surface area contributed by atoms with Gasteiger partial charge in [0.25, 0.3) is 0 Å². The number of carbonyl (C=O) groups excluding carboxylic acids is 1. The molecule has 1 heterocycles. The normalized spacial score (nSPS) is 21.3. The van der Waals surface area contributed by atoms with E-state index in [4.69, 9.17) is 5.73 Å². The molecule has 0 radical (unpaired) electrons. The minimum atomic E-state index is -3.01. The van der Waals surface area contributed by atoms with Gasteiger partial charge in [0.1, 0.15) is 0 Å². The molecule has 62 valence electrons. The van der Waals surface area contributed by atoms with Gasteiger partial charge in [0.05, 0.1) is 5.75 Å². The molecule has 0 unspecified atom stereocenters. The van der Waals surface area contributed by atoms with Gasteiger partial charge in [0.15, 0.2) is 9.84 Å². The second-order valence-corrected chi connectivity index (χ2v) is 4.51. The first-order valence-electron chi connectivity index (χ1n) is 3.20. The number of sulfone groups is 1. The summed E-state index contributed by atoms with van der Waals surface area (Å²) >= 11 is 0. The Morgan fingerprint density at radius 2 is 2.27 bits per heavy atom. The van der Waals surface area contributed by atoms with Crippen molar-refractivity contribution in [3.8, 4) is 0 Å². The molecule has 0 saturated heterocycles. The topological polar surface area (TPSA) is 77.2 Å². The first kappa shape index (κ1) is 8.26. The van der Waals surface area contributed by atoms with Gasteiger partial charge in [0, 0.05) is 11.8 Å². The number of carbonyl (C=O) groups is 1. The van der Waals surface area contributed by atoms with Crippen LogP contribution < -0.4 is 5.73 Å². The molecule has 1 amide bonds. The van der Waals surface area contributed by atoms with Gasteiger partial charge in [-0.3, -0.25) is 4.79 Å². The van der Waals surface area contributed by atoms with E-state index < -0.39 is 15.7 Å². The Morgan fingerprint density at radius 3 is 2.64 bits per heavy atom. The highest BCUT2D eigenvalue weighted by Gasteiger charge is 2.18. The molecule has 4 nitrogen and oxygen atoms in total. The van der Waals surface area contributed by atoms with E-state index in [0.717, 1.165) is 5.41 Å². The number of rotatable bonds is 2. The van der Waals surface area contributed by atoms with Crippen molar-refractivity contribution in [1.82, 2.24) is 0 Å². The van der Waals surface area contributed by atoms with Crippen molar-refractivity contribution in [2.45, 2.75) is 12.8 Å². The van der Waals surface area contributed by atoms with Crippen molar-refractivity contribution in [3.05, 3.63) is 11.0 Å². The van der Waals surface area contributed by atoms with E-state index in [2.05, 4.69) is 0 Å². The lowest BCUT2D eigenvalue weighted by atomic mass is 10.2. The Labute approximate surface area is 65.0 Å². The van der Waals surface area contributed by atoms with Crippen LogP contribution >= 0.6 is 0 Å². The zero-order chi connectivity index (χ0) is 8.48. The van der Waals surface area contributed by atoms with Gasteiger partial charge in [0.2, 0.25) is 5.91 Å². The zero-order valence-electron chi connectivity index (χ0n) is 5.91. The molecule has 11 heavy (non-hydrogen) atoms. The Morgan fingerprint density at radius 1 is 1.64 bits per heavy atom. The zero-order valence-corrected chi connectivity index (χ0v) is 6.73. The Bertz CT molecular complexity index is 302. The van der Waals surface area contributed by atoms with Crippen molar-refractivity contribution in [3.63, 3.8) is 0 Å². The van der Waals surface area contributed by atoms with Crippen LogP contribution in [0.15, 0.2) is 11.0 Å². The highest BCUT2D eigenvalue weighted by Crippen LogP contribution is 2.18. The number of hydrogen-bond donors (Lipinski definition) is 1. The molecule has 0 atom stereocenters. The van der Waals surface area contributed by atoms with Gasteiger partial charge in [-0.2, -0.15) is 0 Å². The summed E-state index contributed by atoms with van der Waals surface area (Å²) in [5.74, 6) is -0.358. The Kier molecular flexibility index (Phi) is 1.99. The summed E-state index contributed by atoms with van der Waals surface area (Å²) in [5.41, 5.74) is 5.51. The summed E-state index contributed by atoms with van der Waals surface area (Å²) in [6.07, 6.45) is 0.518. The van der Waals surface area contributed by atoms with E-state index in [1.807, 2.05) is 0 Å². The summed E-state index contributed by atoms with van der Waals surface area (Å²) in [5, 5.41) is 1.15. The van der Waals surface area contributed by atoms with E-state index in [0.29, 0.717) is 12.0 Å².